The van der Waals surface area contributed by atoms with Gasteiger partial charge in [0.15, 0.2) is 0 Å². The maximum absolute atomic E-state index is 11.7. The maximum Gasteiger partial charge on any atom is 0.237 e. The second-order valence-electron chi connectivity index (χ2n) is 3.89. The van der Waals surface area contributed by atoms with Gasteiger partial charge in [0.1, 0.15) is 0 Å². The third-order valence-corrected chi connectivity index (χ3v) is 3.79. The molecule has 1 aromatic heterocycles. The highest BCUT2D eigenvalue weighted by molar-refractivity contribution is 7.10. The lowest BCUT2D eigenvalue weighted by atomic mass is 10.2. The Hall–Kier alpha value is -0.870. The molecule has 0 bridgehead atoms. The van der Waals surface area contributed by atoms with Gasteiger partial charge in [0.2, 0.25) is 5.91 Å². The average molecular weight is 224 g/mol. The standard InChI is InChI=1S/C11H16N2OS/c1-8-4-6-15-10(8)7-13-11(14)9-3-2-5-12-9/h4,6,9,12H,2-3,5,7H2,1H3,(H,13,14)/t9-/m0/s1. The molecule has 82 valence electrons. The maximum atomic E-state index is 11.7. The molecule has 15 heavy (non-hydrogen) atoms. The number of thiophene rings is 1. The number of hydrogen-bond acceptors (Lipinski definition) is 3. The first-order chi connectivity index (χ1) is 7.27. The van der Waals surface area contributed by atoms with E-state index >= 15 is 0 Å². The van der Waals surface area contributed by atoms with Crippen molar-refractivity contribution in [2.75, 3.05) is 6.54 Å². The van der Waals surface area contributed by atoms with Crippen molar-refractivity contribution in [2.45, 2.75) is 32.4 Å². The highest BCUT2D eigenvalue weighted by Crippen LogP contribution is 2.15. The SMILES string of the molecule is Cc1ccsc1CNC(=O)[C@@H]1CCCN1. The summed E-state index contributed by atoms with van der Waals surface area (Å²) in [5.74, 6) is 0.139. The van der Waals surface area contributed by atoms with E-state index in [0.29, 0.717) is 6.54 Å². The summed E-state index contributed by atoms with van der Waals surface area (Å²) in [5.41, 5.74) is 1.26. The monoisotopic (exact) mass is 224 g/mol. The normalized spacial score (nSPS) is 20.5. The Morgan fingerprint density at radius 2 is 2.60 bits per heavy atom. The second-order valence-corrected chi connectivity index (χ2v) is 4.89. The van der Waals surface area contributed by atoms with Crippen molar-refractivity contribution < 1.29 is 4.79 Å². The number of hydrogen-bond donors (Lipinski definition) is 2. The van der Waals surface area contributed by atoms with Crippen molar-refractivity contribution in [3.63, 3.8) is 0 Å². The zero-order chi connectivity index (χ0) is 10.7. The van der Waals surface area contributed by atoms with Gasteiger partial charge in [0, 0.05) is 4.88 Å². The van der Waals surface area contributed by atoms with Crippen molar-refractivity contribution in [2.24, 2.45) is 0 Å². The lowest BCUT2D eigenvalue weighted by Gasteiger charge is -2.10. The first-order valence-corrected chi connectivity index (χ1v) is 6.19. The summed E-state index contributed by atoms with van der Waals surface area (Å²) in [5, 5.41) is 8.23. The van der Waals surface area contributed by atoms with Gasteiger partial charge in [-0.15, -0.1) is 11.3 Å². The van der Waals surface area contributed by atoms with E-state index in [-0.39, 0.29) is 11.9 Å². The summed E-state index contributed by atoms with van der Waals surface area (Å²) in [7, 11) is 0. The van der Waals surface area contributed by atoms with Crippen LogP contribution in [0.15, 0.2) is 11.4 Å². The molecule has 0 unspecified atom stereocenters. The van der Waals surface area contributed by atoms with E-state index in [2.05, 4.69) is 29.0 Å². The van der Waals surface area contributed by atoms with E-state index < -0.39 is 0 Å². The summed E-state index contributed by atoms with van der Waals surface area (Å²) < 4.78 is 0. The molecule has 1 amide bonds. The largest absolute Gasteiger partial charge is 0.350 e. The van der Waals surface area contributed by atoms with E-state index in [4.69, 9.17) is 0 Å². The van der Waals surface area contributed by atoms with Gasteiger partial charge in [-0.05, 0) is 43.3 Å². The van der Waals surface area contributed by atoms with Gasteiger partial charge in [-0.25, -0.2) is 0 Å². The van der Waals surface area contributed by atoms with Gasteiger partial charge in [-0.3, -0.25) is 4.79 Å². The number of carbonyl (C=O) groups excluding carboxylic acids is 1. The topological polar surface area (TPSA) is 41.1 Å². The van der Waals surface area contributed by atoms with Crippen molar-refractivity contribution >= 4 is 17.2 Å². The van der Waals surface area contributed by atoms with Crippen LogP contribution in [0.1, 0.15) is 23.3 Å². The molecule has 4 heteroatoms. The highest BCUT2D eigenvalue weighted by atomic mass is 32.1. The van der Waals surface area contributed by atoms with Gasteiger partial charge in [-0.2, -0.15) is 0 Å². The van der Waals surface area contributed by atoms with E-state index in [0.717, 1.165) is 19.4 Å². The zero-order valence-corrected chi connectivity index (χ0v) is 9.69. The summed E-state index contributed by atoms with van der Waals surface area (Å²) in [6.45, 7) is 3.71. The Morgan fingerprint density at radius 1 is 1.73 bits per heavy atom. The Morgan fingerprint density at radius 3 is 3.20 bits per heavy atom. The van der Waals surface area contributed by atoms with Crippen LogP contribution < -0.4 is 10.6 Å². The minimum atomic E-state index is 0.0327. The fourth-order valence-electron chi connectivity index (χ4n) is 1.78. The summed E-state index contributed by atoms with van der Waals surface area (Å²) in [4.78, 5) is 12.9. The molecule has 2 rings (SSSR count). The molecule has 0 saturated carbocycles. The summed E-state index contributed by atoms with van der Waals surface area (Å²) in [6, 6.07) is 2.12. The molecule has 2 heterocycles. The Kier molecular flexibility index (Phi) is 3.38. The summed E-state index contributed by atoms with van der Waals surface area (Å²) in [6.07, 6.45) is 2.07. The first-order valence-electron chi connectivity index (χ1n) is 5.31. The number of nitrogens with one attached hydrogen (secondary N) is 2. The summed E-state index contributed by atoms with van der Waals surface area (Å²) >= 11 is 1.70. The molecular weight excluding hydrogens is 208 g/mol. The van der Waals surface area contributed by atoms with E-state index in [1.165, 1.54) is 10.4 Å². The van der Waals surface area contributed by atoms with Gasteiger partial charge in [0.25, 0.3) is 0 Å². The molecule has 0 aromatic carbocycles. The molecule has 0 aliphatic carbocycles. The van der Waals surface area contributed by atoms with E-state index in [1.54, 1.807) is 11.3 Å². The van der Waals surface area contributed by atoms with Crippen LogP contribution in [-0.4, -0.2) is 18.5 Å². The number of carbonyl (C=O) groups is 1. The molecular formula is C11H16N2OS. The van der Waals surface area contributed by atoms with Crippen LogP contribution in [0, 0.1) is 6.92 Å². The minimum absolute atomic E-state index is 0.0327. The zero-order valence-electron chi connectivity index (χ0n) is 8.88. The third kappa shape index (κ3) is 2.58. The molecule has 0 spiro atoms. The average Bonchev–Trinajstić information content (AvgIpc) is 2.85. The van der Waals surface area contributed by atoms with Crippen LogP contribution >= 0.6 is 11.3 Å². The van der Waals surface area contributed by atoms with Gasteiger partial charge >= 0.3 is 0 Å². The van der Waals surface area contributed by atoms with Crippen molar-refractivity contribution in [1.29, 1.82) is 0 Å². The molecule has 1 fully saturated rings. The third-order valence-electron chi connectivity index (χ3n) is 2.77. The smallest absolute Gasteiger partial charge is 0.237 e. The quantitative estimate of drug-likeness (QED) is 0.815. The number of rotatable bonds is 3. The molecule has 1 saturated heterocycles. The van der Waals surface area contributed by atoms with Crippen LogP contribution in [-0.2, 0) is 11.3 Å². The Balaban J connectivity index is 1.83. The molecule has 2 N–H and O–H groups in total. The van der Waals surface area contributed by atoms with Crippen LogP contribution in [0.4, 0.5) is 0 Å². The number of amides is 1. The molecule has 3 nitrogen and oxygen atoms in total. The predicted molar refractivity (Wildman–Crippen MR) is 61.9 cm³/mol. The Bertz CT molecular complexity index is 342. The molecule has 0 radical (unpaired) electrons. The van der Waals surface area contributed by atoms with Gasteiger partial charge in [-0.1, -0.05) is 0 Å². The van der Waals surface area contributed by atoms with Crippen molar-refractivity contribution in [1.82, 2.24) is 10.6 Å². The fourth-order valence-corrected chi connectivity index (χ4v) is 2.63. The van der Waals surface area contributed by atoms with Crippen LogP contribution in [0.3, 0.4) is 0 Å². The minimum Gasteiger partial charge on any atom is -0.350 e. The molecule has 1 aliphatic rings. The lowest BCUT2D eigenvalue weighted by Crippen LogP contribution is -2.39. The highest BCUT2D eigenvalue weighted by Gasteiger charge is 2.21. The molecule has 1 aliphatic heterocycles. The fraction of sp³-hybridized carbons (Fsp3) is 0.545. The van der Waals surface area contributed by atoms with Crippen LogP contribution in [0.5, 0.6) is 0 Å². The van der Waals surface area contributed by atoms with Crippen LogP contribution in [0.25, 0.3) is 0 Å². The lowest BCUT2D eigenvalue weighted by molar-refractivity contribution is -0.122. The first kappa shape index (κ1) is 10.6. The Labute approximate surface area is 93.9 Å². The molecule has 1 atom stereocenters. The molecule has 1 aromatic rings. The predicted octanol–water partition coefficient (Wildman–Crippen LogP) is 1.42. The second kappa shape index (κ2) is 4.77. The van der Waals surface area contributed by atoms with Crippen molar-refractivity contribution in [3.05, 3.63) is 21.9 Å². The number of aryl methyl sites for hydroxylation is 1. The van der Waals surface area contributed by atoms with Crippen molar-refractivity contribution in [3.8, 4) is 0 Å². The van der Waals surface area contributed by atoms with E-state index in [1.807, 2.05) is 0 Å². The van der Waals surface area contributed by atoms with E-state index in [9.17, 15) is 4.79 Å². The van der Waals surface area contributed by atoms with Crippen LogP contribution in [0.2, 0.25) is 0 Å². The van der Waals surface area contributed by atoms with Gasteiger partial charge in [0.05, 0.1) is 12.6 Å². The van der Waals surface area contributed by atoms with Gasteiger partial charge < -0.3 is 10.6 Å².